The number of urea groups is 1. The zero-order chi connectivity index (χ0) is 15.8. The molecule has 120 valence electrons. The summed E-state index contributed by atoms with van der Waals surface area (Å²) in [4.78, 5) is 36.0. The molecule has 0 aromatic carbocycles. The largest absolute Gasteiger partial charge is 0.481 e. The standard InChI is InChI=1S/C14H25N3O4/c1-10(13(19)20)6-5-7-15-14(21)16-11(2)12(18)17-8-3-4-9-17/h10-11H,3-9H2,1-2H3,(H,19,20)(H2,15,16,21). The summed E-state index contributed by atoms with van der Waals surface area (Å²) in [5.74, 6) is -1.29. The van der Waals surface area contributed by atoms with E-state index in [1.807, 2.05) is 0 Å². The molecule has 1 fully saturated rings. The van der Waals surface area contributed by atoms with Crippen LogP contribution in [0, 0.1) is 5.92 Å². The second-order valence-corrected chi connectivity index (χ2v) is 5.54. The van der Waals surface area contributed by atoms with Crippen molar-refractivity contribution in [1.29, 1.82) is 0 Å². The van der Waals surface area contributed by atoms with Gasteiger partial charge in [-0.1, -0.05) is 6.92 Å². The number of carbonyl (C=O) groups excluding carboxylic acids is 2. The third kappa shape index (κ3) is 6.01. The zero-order valence-corrected chi connectivity index (χ0v) is 12.7. The van der Waals surface area contributed by atoms with Crippen molar-refractivity contribution in [2.45, 2.75) is 45.6 Å². The number of nitrogens with one attached hydrogen (secondary N) is 2. The van der Waals surface area contributed by atoms with Gasteiger partial charge in [0.25, 0.3) is 0 Å². The first kappa shape index (κ1) is 17.3. The Morgan fingerprint density at radius 3 is 2.38 bits per heavy atom. The summed E-state index contributed by atoms with van der Waals surface area (Å²) in [6.07, 6.45) is 3.14. The first-order valence-corrected chi connectivity index (χ1v) is 7.47. The third-order valence-corrected chi connectivity index (χ3v) is 3.66. The summed E-state index contributed by atoms with van der Waals surface area (Å²) < 4.78 is 0. The molecule has 3 N–H and O–H groups in total. The van der Waals surface area contributed by atoms with Crippen LogP contribution in [0.1, 0.15) is 39.5 Å². The van der Waals surface area contributed by atoms with E-state index in [2.05, 4.69) is 10.6 Å². The summed E-state index contributed by atoms with van der Waals surface area (Å²) >= 11 is 0. The number of carboxylic acid groups (broad SMARTS) is 1. The average molecular weight is 299 g/mol. The molecule has 2 unspecified atom stereocenters. The minimum absolute atomic E-state index is 0.0536. The van der Waals surface area contributed by atoms with E-state index in [-0.39, 0.29) is 5.91 Å². The maximum atomic E-state index is 12.0. The second kappa shape index (κ2) is 8.49. The first-order valence-electron chi connectivity index (χ1n) is 7.47. The van der Waals surface area contributed by atoms with Crippen LogP contribution in [0.25, 0.3) is 0 Å². The Labute approximate surface area is 125 Å². The van der Waals surface area contributed by atoms with Crippen LogP contribution in [0.3, 0.4) is 0 Å². The predicted molar refractivity (Wildman–Crippen MR) is 77.8 cm³/mol. The number of aliphatic carboxylic acids is 1. The molecule has 3 amide bonds. The van der Waals surface area contributed by atoms with Gasteiger partial charge in [0.2, 0.25) is 5.91 Å². The highest BCUT2D eigenvalue weighted by molar-refractivity contribution is 5.86. The smallest absolute Gasteiger partial charge is 0.315 e. The lowest BCUT2D eigenvalue weighted by Gasteiger charge is -2.21. The van der Waals surface area contributed by atoms with E-state index < -0.39 is 24.0 Å². The SMILES string of the molecule is CC(CCCNC(=O)NC(C)C(=O)N1CCCC1)C(=O)O. The summed E-state index contributed by atoms with van der Waals surface area (Å²) in [6.45, 7) is 5.24. The monoisotopic (exact) mass is 299 g/mol. The van der Waals surface area contributed by atoms with E-state index in [1.165, 1.54) is 0 Å². The summed E-state index contributed by atoms with van der Waals surface area (Å²) in [5.41, 5.74) is 0. The molecule has 0 radical (unpaired) electrons. The van der Waals surface area contributed by atoms with Gasteiger partial charge in [0.1, 0.15) is 6.04 Å². The van der Waals surface area contributed by atoms with Crippen molar-refractivity contribution in [2.24, 2.45) is 5.92 Å². The summed E-state index contributed by atoms with van der Waals surface area (Å²) in [6, 6.07) is -0.931. The fraction of sp³-hybridized carbons (Fsp3) is 0.786. The maximum absolute atomic E-state index is 12.0. The number of carboxylic acids is 1. The van der Waals surface area contributed by atoms with Gasteiger partial charge < -0.3 is 20.6 Å². The van der Waals surface area contributed by atoms with Crippen LogP contribution in [0.2, 0.25) is 0 Å². The number of hydrogen-bond donors (Lipinski definition) is 3. The fourth-order valence-corrected chi connectivity index (χ4v) is 2.25. The highest BCUT2D eigenvalue weighted by Gasteiger charge is 2.24. The van der Waals surface area contributed by atoms with Gasteiger partial charge in [-0.15, -0.1) is 0 Å². The van der Waals surface area contributed by atoms with Gasteiger partial charge in [0.05, 0.1) is 5.92 Å². The lowest BCUT2D eigenvalue weighted by atomic mass is 10.1. The molecule has 7 nitrogen and oxygen atoms in total. The van der Waals surface area contributed by atoms with Gasteiger partial charge in [0.15, 0.2) is 0 Å². The van der Waals surface area contributed by atoms with Crippen molar-refractivity contribution in [2.75, 3.05) is 19.6 Å². The van der Waals surface area contributed by atoms with E-state index in [4.69, 9.17) is 5.11 Å². The lowest BCUT2D eigenvalue weighted by molar-refractivity contribution is -0.141. The molecule has 0 spiro atoms. The predicted octanol–water partition coefficient (Wildman–Crippen LogP) is 0.797. The van der Waals surface area contributed by atoms with Crippen molar-refractivity contribution in [1.82, 2.24) is 15.5 Å². The lowest BCUT2D eigenvalue weighted by Crippen LogP contribution is -2.49. The van der Waals surface area contributed by atoms with Crippen molar-refractivity contribution >= 4 is 17.9 Å². The fourth-order valence-electron chi connectivity index (χ4n) is 2.25. The Morgan fingerprint density at radius 1 is 1.19 bits per heavy atom. The number of carbonyl (C=O) groups is 3. The molecule has 2 atom stereocenters. The van der Waals surface area contributed by atoms with Crippen molar-refractivity contribution in [3.63, 3.8) is 0 Å². The Hall–Kier alpha value is -1.79. The Bertz CT molecular complexity index is 380. The molecule has 1 aliphatic heterocycles. The first-order chi connectivity index (χ1) is 9.91. The van der Waals surface area contributed by atoms with Crippen LogP contribution in [-0.4, -0.2) is 53.6 Å². The molecular formula is C14H25N3O4. The Kier molecular flexibility index (Phi) is 6.98. The molecule has 1 saturated heterocycles. The van der Waals surface area contributed by atoms with Gasteiger partial charge >= 0.3 is 12.0 Å². The molecular weight excluding hydrogens is 274 g/mol. The highest BCUT2D eigenvalue weighted by atomic mass is 16.4. The quantitative estimate of drug-likeness (QED) is 0.605. The molecule has 21 heavy (non-hydrogen) atoms. The third-order valence-electron chi connectivity index (χ3n) is 3.66. The molecule has 1 rings (SSSR count). The van der Waals surface area contributed by atoms with Gasteiger partial charge in [-0.05, 0) is 32.6 Å². The van der Waals surface area contributed by atoms with Gasteiger partial charge in [-0.2, -0.15) is 0 Å². The van der Waals surface area contributed by atoms with Crippen LogP contribution >= 0.6 is 0 Å². The van der Waals surface area contributed by atoms with Crippen LogP contribution < -0.4 is 10.6 Å². The van der Waals surface area contributed by atoms with E-state index in [9.17, 15) is 14.4 Å². The van der Waals surface area contributed by atoms with Gasteiger partial charge in [-0.3, -0.25) is 9.59 Å². The number of amides is 3. The Balaban J connectivity index is 2.17. The second-order valence-electron chi connectivity index (χ2n) is 5.54. The van der Waals surface area contributed by atoms with E-state index >= 15 is 0 Å². The number of rotatable bonds is 7. The normalized spacial score (nSPS) is 17.1. The number of nitrogens with zero attached hydrogens (tertiary/aromatic N) is 1. The zero-order valence-electron chi connectivity index (χ0n) is 12.7. The molecule has 1 aliphatic rings. The van der Waals surface area contributed by atoms with Crippen molar-refractivity contribution < 1.29 is 19.5 Å². The van der Waals surface area contributed by atoms with E-state index in [1.54, 1.807) is 18.7 Å². The van der Waals surface area contributed by atoms with Gasteiger partial charge in [0, 0.05) is 19.6 Å². The summed E-state index contributed by atoms with van der Waals surface area (Å²) in [7, 11) is 0. The topological polar surface area (TPSA) is 98.7 Å². The van der Waals surface area contributed by atoms with Crippen molar-refractivity contribution in [3.05, 3.63) is 0 Å². The molecule has 0 aromatic heterocycles. The maximum Gasteiger partial charge on any atom is 0.315 e. The van der Waals surface area contributed by atoms with Crippen LogP contribution in [0.4, 0.5) is 4.79 Å². The highest BCUT2D eigenvalue weighted by Crippen LogP contribution is 2.09. The number of likely N-dealkylation sites (tertiary alicyclic amines) is 1. The Morgan fingerprint density at radius 2 is 1.81 bits per heavy atom. The van der Waals surface area contributed by atoms with Crippen LogP contribution in [0.15, 0.2) is 0 Å². The van der Waals surface area contributed by atoms with Crippen LogP contribution in [-0.2, 0) is 9.59 Å². The molecule has 7 heteroatoms. The summed E-state index contributed by atoms with van der Waals surface area (Å²) in [5, 5.41) is 14.0. The van der Waals surface area contributed by atoms with Crippen molar-refractivity contribution in [3.8, 4) is 0 Å². The molecule has 0 aliphatic carbocycles. The van der Waals surface area contributed by atoms with E-state index in [0.717, 1.165) is 25.9 Å². The molecule has 0 saturated carbocycles. The average Bonchev–Trinajstić information content (AvgIpc) is 2.96. The number of hydrogen-bond acceptors (Lipinski definition) is 3. The van der Waals surface area contributed by atoms with Gasteiger partial charge in [-0.25, -0.2) is 4.79 Å². The minimum Gasteiger partial charge on any atom is -0.481 e. The van der Waals surface area contributed by atoms with E-state index in [0.29, 0.717) is 19.4 Å². The molecule has 0 aromatic rings. The molecule has 1 heterocycles. The molecule has 0 bridgehead atoms. The minimum atomic E-state index is -0.829. The van der Waals surface area contributed by atoms with Crippen LogP contribution in [0.5, 0.6) is 0 Å².